The van der Waals surface area contributed by atoms with Crippen molar-refractivity contribution in [1.82, 2.24) is 0 Å². The van der Waals surface area contributed by atoms with Gasteiger partial charge in [-0.25, -0.2) is 0 Å². The first kappa shape index (κ1) is 29.1. The number of hydrogen-bond acceptors (Lipinski definition) is 3. The molecule has 10 rings (SSSR count). The average Bonchev–Trinajstić information content (AvgIpc) is 3.78. The SMILES string of the molecule is c1ccc(-c2ccc(-c3ccc(N(c4ccc5oc6ccccc6c5c4)c4ccc(-c5ccccc5)c5c4oc4ccccc45)cc3)cc2)cc1. The molecule has 0 saturated carbocycles. The van der Waals surface area contributed by atoms with Crippen LogP contribution in [0, 0.1) is 0 Å². The van der Waals surface area contributed by atoms with Gasteiger partial charge >= 0.3 is 0 Å². The van der Waals surface area contributed by atoms with Gasteiger partial charge < -0.3 is 13.7 Å². The first-order valence-electron chi connectivity index (χ1n) is 17.3. The van der Waals surface area contributed by atoms with Gasteiger partial charge in [-0.15, -0.1) is 0 Å². The number of benzene rings is 8. The number of fused-ring (bicyclic) bond motifs is 6. The molecule has 0 bridgehead atoms. The number of anilines is 3. The summed E-state index contributed by atoms with van der Waals surface area (Å²) in [4.78, 5) is 2.31. The van der Waals surface area contributed by atoms with E-state index in [4.69, 9.17) is 8.83 Å². The fourth-order valence-electron chi connectivity index (χ4n) is 7.42. The molecule has 3 heteroatoms. The van der Waals surface area contributed by atoms with Gasteiger partial charge in [-0.05, 0) is 81.9 Å². The van der Waals surface area contributed by atoms with E-state index in [2.05, 4.69) is 175 Å². The minimum Gasteiger partial charge on any atom is -0.456 e. The summed E-state index contributed by atoms with van der Waals surface area (Å²) in [5, 5.41) is 4.37. The first-order valence-corrected chi connectivity index (χ1v) is 17.3. The summed E-state index contributed by atoms with van der Waals surface area (Å²) in [6.07, 6.45) is 0. The highest BCUT2D eigenvalue weighted by Gasteiger charge is 2.23. The van der Waals surface area contributed by atoms with E-state index >= 15 is 0 Å². The third-order valence-electron chi connectivity index (χ3n) is 9.90. The van der Waals surface area contributed by atoms with Crippen LogP contribution in [0.3, 0.4) is 0 Å². The molecule has 0 unspecified atom stereocenters. The Morgan fingerprint density at radius 2 is 0.843 bits per heavy atom. The maximum Gasteiger partial charge on any atom is 0.160 e. The van der Waals surface area contributed by atoms with E-state index in [0.717, 1.165) is 77.6 Å². The Labute approximate surface area is 295 Å². The Morgan fingerprint density at radius 1 is 0.333 bits per heavy atom. The van der Waals surface area contributed by atoms with Crippen LogP contribution in [-0.4, -0.2) is 0 Å². The van der Waals surface area contributed by atoms with E-state index in [-0.39, 0.29) is 0 Å². The molecule has 2 aromatic heterocycles. The summed E-state index contributed by atoms with van der Waals surface area (Å²) in [6.45, 7) is 0. The lowest BCUT2D eigenvalue weighted by Gasteiger charge is -2.26. The molecule has 0 radical (unpaired) electrons. The lowest BCUT2D eigenvalue weighted by Crippen LogP contribution is -2.10. The molecular formula is C48H31NO2. The molecule has 10 aromatic rings. The highest BCUT2D eigenvalue weighted by molar-refractivity contribution is 6.17. The Hall–Kier alpha value is -6.84. The molecule has 3 nitrogen and oxygen atoms in total. The molecule has 0 aliphatic rings. The van der Waals surface area contributed by atoms with Gasteiger partial charge in [0, 0.05) is 32.9 Å². The van der Waals surface area contributed by atoms with Crippen molar-refractivity contribution < 1.29 is 8.83 Å². The summed E-state index contributed by atoms with van der Waals surface area (Å²) in [5.74, 6) is 0. The number of nitrogens with zero attached hydrogens (tertiary/aromatic N) is 1. The standard InChI is InChI=1S/C48H31NO2/c1-3-11-32(12-4-1)33-19-21-34(22-20-33)35-23-25-37(26-24-35)49(38-27-30-46-42(31-38)40-15-7-9-17-44(40)50-46)43-29-28-39(36-13-5-2-6-14-36)47-41-16-8-10-18-45(41)51-48(43)47/h1-31H. The molecule has 0 spiro atoms. The summed E-state index contributed by atoms with van der Waals surface area (Å²) >= 11 is 0. The molecule has 0 atom stereocenters. The monoisotopic (exact) mass is 653 g/mol. The van der Waals surface area contributed by atoms with Gasteiger partial charge in [0.25, 0.3) is 0 Å². The topological polar surface area (TPSA) is 29.5 Å². The van der Waals surface area contributed by atoms with Crippen molar-refractivity contribution in [3.05, 3.63) is 188 Å². The third kappa shape index (κ3) is 4.98. The van der Waals surface area contributed by atoms with E-state index in [1.807, 2.05) is 18.2 Å². The van der Waals surface area contributed by atoms with Crippen LogP contribution < -0.4 is 4.90 Å². The second kappa shape index (κ2) is 11.9. The van der Waals surface area contributed by atoms with Gasteiger partial charge in [0.05, 0.1) is 5.69 Å². The number of hydrogen-bond donors (Lipinski definition) is 0. The van der Waals surface area contributed by atoms with Crippen molar-refractivity contribution in [3.63, 3.8) is 0 Å². The summed E-state index contributed by atoms with van der Waals surface area (Å²) in [7, 11) is 0. The van der Waals surface area contributed by atoms with Gasteiger partial charge in [0.15, 0.2) is 5.58 Å². The highest BCUT2D eigenvalue weighted by atomic mass is 16.3. The van der Waals surface area contributed by atoms with Crippen LogP contribution >= 0.6 is 0 Å². The van der Waals surface area contributed by atoms with Crippen molar-refractivity contribution in [2.45, 2.75) is 0 Å². The molecule has 0 fully saturated rings. The Kier molecular flexibility index (Phi) is 6.81. The molecule has 0 N–H and O–H groups in total. The molecule has 0 aliphatic carbocycles. The Bertz CT molecular complexity index is 2830. The van der Waals surface area contributed by atoms with Crippen molar-refractivity contribution in [3.8, 4) is 33.4 Å². The fraction of sp³-hybridized carbons (Fsp3) is 0. The van der Waals surface area contributed by atoms with E-state index in [1.54, 1.807) is 0 Å². The molecule has 2 heterocycles. The normalized spacial score (nSPS) is 11.5. The summed E-state index contributed by atoms with van der Waals surface area (Å²) in [6, 6.07) is 66.1. The molecule has 0 saturated heterocycles. The minimum atomic E-state index is 0.843. The van der Waals surface area contributed by atoms with Crippen molar-refractivity contribution in [2.24, 2.45) is 0 Å². The minimum absolute atomic E-state index is 0.843. The van der Waals surface area contributed by atoms with Crippen LogP contribution in [0.1, 0.15) is 0 Å². The number of rotatable bonds is 6. The molecular weight excluding hydrogens is 623 g/mol. The lowest BCUT2D eigenvalue weighted by molar-refractivity contribution is 0.669. The zero-order valence-electron chi connectivity index (χ0n) is 27.7. The van der Waals surface area contributed by atoms with Crippen LogP contribution in [-0.2, 0) is 0 Å². The van der Waals surface area contributed by atoms with E-state index < -0.39 is 0 Å². The Morgan fingerprint density at radius 3 is 1.53 bits per heavy atom. The van der Waals surface area contributed by atoms with Crippen LogP contribution in [0.2, 0.25) is 0 Å². The van der Waals surface area contributed by atoms with Gasteiger partial charge in [-0.3, -0.25) is 0 Å². The zero-order valence-corrected chi connectivity index (χ0v) is 27.7. The summed E-state index contributed by atoms with van der Waals surface area (Å²) in [5.41, 5.74) is 13.5. The third-order valence-corrected chi connectivity index (χ3v) is 9.90. The van der Waals surface area contributed by atoms with Crippen LogP contribution in [0.5, 0.6) is 0 Å². The van der Waals surface area contributed by atoms with Crippen LogP contribution in [0.15, 0.2) is 197 Å². The van der Waals surface area contributed by atoms with Crippen molar-refractivity contribution >= 4 is 60.9 Å². The predicted molar refractivity (Wildman–Crippen MR) is 212 cm³/mol. The average molecular weight is 654 g/mol. The molecule has 240 valence electrons. The second-order valence-corrected chi connectivity index (χ2v) is 12.9. The summed E-state index contributed by atoms with van der Waals surface area (Å²) < 4.78 is 13.0. The molecule has 51 heavy (non-hydrogen) atoms. The van der Waals surface area contributed by atoms with Crippen molar-refractivity contribution in [2.75, 3.05) is 4.90 Å². The number of furan rings is 2. The molecule has 0 amide bonds. The Balaban J connectivity index is 1.16. The maximum atomic E-state index is 6.79. The van der Waals surface area contributed by atoms with Crippen LogP contribution in [0.4, 0.5) is 17.1 Å². The maximum absolute atomic E-state index is 6.79. The zero-order chi connectivity index (χ0) is 33.7. The highest BCUT2D eigenvalue weighted by Crippen LogP contribution is 2.47. The van der Waals surface area contributed by atoms with E-state index in [9.17, 15) is 0 Å². The van der Waals surface area contributed by atoms with Gasteiger partial charge in [0.2, 0.25) is 0 Å². The first-order chi connectivity index (χ1) is 25.3. The predicted octanol–water partition coefficient (Wildman–Crippen LogP) is 14.0. The second-order valence-electron chi connectivity index (χ2n) is 12.9. The van der Waals surface area contributed by atoms with E-state index in [0.29, 0.717) is 0 Å². The van der Waals surface area contributed by atoms with Gasteiger partial charge in [-0.1, -0.05) is 140 Å². The largest absolute Gasteiger partial charge is 0.456 e. The number of para-hydroxylation sites is 2. The lowest BCUT2D eigenvalue weighted by atomic mass is 9.98. The quantitative estimate of drug-likeness (QED) is 0.179. The smallest absolute Gasteiger partial charge is 0.160 e. The van der Waals surface area contributed by atoms with Crippen molar-refractivity contribution in [1.29, 1.82) is 0 Å². The van der Waals surface area contributed by atoms with E-state index in [1.165, 1.54) is 16.7 Å². The molecule has 0 aliphatic heterocycles. The molecule has 8 aromatic carbocycles. The fourth-order valence-corrected chi connectivity index (χ4v) is 7.42. The van der Waals surface area contributed by atoms with Crippen LogP contribution in [0.25, 0.3) is 77.3 Å². The van der Waals surface area contributed by atoms with Gasteiger partial charge in [-0.2, -0.15) is 0 Å². The van der Waals surface area contributed by atoms with Gasteiger partial charge in [0.1, 0.15) is 16.7 Å².